The SMILES string of the molecule is CC(N)CCCCC1CCC2C(C)CCCC12. The van der Waals surface area contributed by atoms with Crippen molar-refractivity contribution in [3.8, 4) is 0 Å². The van der Waals surface area contributed by atoms with Gasteiger partial charge in [0.1, 0.15) is 0 Å². The first-order chi connectivity index (χ1) is 8.18. The zero-order valence-electron chi connectivity index (χ0n) is 11.8. The summed E-state index contributed by atoms with van der Waals surface area (Å²) in [5.74, 6) is 4.26. The molecule has 0 aromatic heterocycles. The van der Waals surface area contributed by atoms with E-state index in [2.05, 4.69) is 13.8 Å². The maximum Gasteiger partial charge on any atom is 0.00104 e. The molecule has 2 fully saturated rings. The molecular weight excluding hydrogens is 206 g/mol. The van der Waals surface area contributed by atoms with Gasteiger partial charge in [0.05, 0.1) is 0 Å². The molecule has 2 rings (SSSR count). The summed E-state index contributed by atoms with van der Waals surface area (Å²) < 4.78 is 0. The molecule has 0 radical (unpaired) electrons. The molecule has 0 bridgehead atoms. The highest BCUT2D eigenvalue weighted by Crippen LogP contribution is 2.49. The number of rotatable bonds is 5. The van der Waals surface area contributed by atoms with Crippen LogP contribution in [0.15, 0.2) is 0 Å². The van der Waals surface area contributed by atoms with Gasteiger partial charge in [-0.2, -0.15) is 0 Å². The van der Waals surface area contributed by atoms with Gasteiger partial charge in [0.2, 0.25) is 0 Å². The van der Waals surface area contributed by atoms with Gasteiger partial charge in [0.25, 0.3) is 0 Å². The van der Waals surface area contributed by atoms with E-state index in [4.69, 9.17) is 5.73 Å². The Labute approximate surface area is 108 Å². The van der Waals surface area contributed by atoms with Gasteiger partial charge in [-0.1, -0.05) is 39.0 Å². The topological polar surface area (TPSA) is 26.0 Å². The fourth-order valence-electron chi connectivity index (χ4n) is 4.46. The Morgan fingerprint density at radius 2 is 1.88 bits per heavy atom. The molecule has 2 saturated carbocycles. The average molecular weight is 237 g/mol. The lowest BCUT2D eigenvalue weighted by Gasteiger charge is -2.34. The smallest absolute Gasteiger partial charge is 0.00104 e. The second-order valence-corrected chi connectivity index (χ2v) is 6.84. The molecule has 1 nitrogen and oxygen atoms in total. The first-order valence-corrected chi connectivity index (χ1v) is 7.94. The molecule has 0 spiro atoms. The number of fused-ring (bicyclic) bond motifs is 1. The Hall–Kier alpha value is -0.0400. The second-order valence-electron chi connectivity index (χ2n) is 6.84. The Morgan fingerprint density at radius 1 is 1.06 bits per heavy atom. The zero-order chi connectivity index (χ0) is 12.3. The van der Waals surface area contributed by atoms with Gasteiger partial charge >= 0.3 is 0 Å². The van der Waals surface area contributed by atoms with Gasteiger partial charge in [-0.25, -0.2) is 0 Å². The van der Waals surface area contributed by atoms with E-state index in [0.29, 0.717) is 6.04 Å². The summed E-state index contributed by atoms with van der Waals surface area (Å²) in [6.07, 6.45) is 13.1. The molecule has 17 heavy (non-hydrogen) atoms. The van der Waals surface area contributed by atoms with Crippen molar-refractivity contribution < 1.29 is 0 Å². The molecule has 0 amide bonds. The van der Waals surface area contributed by atoms with E-state index in [-0.39, 0.29) is 0 Å². The van der Waals surface area contributed by atoms with Gasteiger partial charge in [-0.05, 0) is 56.3 Å². The summed E-state index contributed by atoms with van der Waals surface area (Å²) >= 11 is 0. The van der Waals surface area contributed by atoms with Gasteiger partial charge < -0.3 is 5.73 Å². The van der Waals surface area contributed by atoms with Crippen LogP contribution in [0, 0.1) is 23.7 Å². The Bertz CT molecular complexity index is 224. The lowest BCUT2D eigenvalue weighted by atomic mass is 9.71. The van der Waals surface area contributed by atoms with Crippen LogP contribution in [0.4, 0.5) is 0 Å². The lowest BCUT2D eigenvalue weighted by molar-refractivity contribution is 0.160. The molecule has 2 aliphatic carbocycles. The molecule has 0 aromatic rings. The van der Waals surface area contributed by atoms with Crippen LogP contribution < -0.4 is 5.73 Å². The van der Waals surface area contributed by atoms with Crippen molar-refractivity contribution in [1.82, 2.24) is 0 Å². The predicted octanol–water partition coefficient (Wildman–Crippen LogP) is 4.36. The summed E-state index contributed by atoms with van der Waals surface area (Å²) in [6, 6.07) is 0.404. The summed E-state index contributed by atoms with van der Waals surface area (Å²) in [5, 5.41) is 0. The first kappa shape index (κ1) is 13.4. The minimum absolute atomic E-state index is 0.404. The summed E-state index contributed by atoms with van der Waals surface area (Å²) in [5.41, 5.74) is 5.81. The van der Waals surface area contributed by atoms with Crippen LogP contribution in [0.5, 0.6) is 0 Å². The molecule has 100 valence electrons. The highest BCUT2D eigenvalue weighted by Gasteiger charge is 2.39. The fraction of sp³-hybridized carbons (Fsp3) is 1.00. The van der Waals surface area contributed by atoms with Crippen LogP contribution in [-0.4, -0.2) is 6.04 Å². The number of hydrogen-bond donors (Lipinski definition) is 1. The van der Waals surface area contributed by atoms with Gasteiger partial charge in [-0.3, -0.25) is 0 Å². The van der Waals surface area contributed by atoms with E-state index in [1.54, 1.807) is 0 Å². The van der Waals surface area contributed by atoms with Crippen molar-refractivity contribution in [2.45, 2.75) is 77.7 Å². The summed E-state index contributed by atoms with van der Waals surface area (Å²) in [6.45, 7) is 4.63. The zero-order valence-corrected chi connectivity index (χ0v) is 11.8. The standard InChI is InChI=1S/C16H31N/c1-12-6-5-9-16-14(10-11-15(12)16)8-4-3-7-13(2)17/h12-16H,3-11,17H2,1-2H3. The molecule has 2 N–H and O–H groups in total. The quantitative estimate of drug-likeness (QED) is 0.707. The largest absolute Gasteiger partial charge is 0.328 e. The van der Waals surface area contributed by atoms with Gasteiger partial charge in [-0.15, -0.1) is 0 Å². The Balaban J connectivity index is 1.71. The van der Waals surface area contributed by atoms with Crippen LogP contribution in [0.2, 0.25) is 0 Å². The van der Waals surface area contributed by atoms with Crippen molar-refractivity contribution in [1.29, 1.82) is 0 Å². The fourth-order valence-corrected chi connectivity index (χ4v) is 4.46. The third kappa shape index (κ3) is 3.47. The normalized spacial score (nSPS) is 39.0. The third-order valence-electron chi connectivity index (χ3n) is 5.44. The van der Waals surface area contributed by atoms with Crippen molar-refractivity contribution in [2.75, 3.05) is 0 Å². The number of unbranched alkanes of at least 4 members (excludes halogenated alkanes) is 1. The Morgan fingerprint density at radius 3 is 2.65 bits per heavy atom. The average Bonchev–Trinajstić information content (AvgIpc) is 2.69. The third-order valence-corrected chi connectivity index (χ3v) is 5.44. The molecule has 0 aromatic carbocycles. The minimum atomic E-state index is 0.404. The summed E-state index contributed by atoms with van der Waals surface area (Å²) in [4.78, 5) is 0. The lowest BCUT2D eigenvalue weighted by Crippen LogP contribution is -2.25. The van der Waals surface area contributed by atoms with Crippen LogP contribution in [0.3, 0.4) is 0 Å². The van der Waals surface area contributed by atoms with E-state index in [9.17, 15) is 0 Å². The molecule has 0 saturated heterocycles. The van der Waals surface area contributed by atoms with Crippen molar-refractivity contribution in [3.63, 3.8) is 0 Å². The highest BCUT2D eigenvalue weighted by molar-refractivity contribution is 4.90. The van der Waals surface area contributed by atoms with E-state index >= 15 is 0 Å². The van der Waals surface area contributed by atoms with Crippen LogP contribution >= 0.6 is 0 Å². The second kappa shape index (κ2) is 6.22. The monoisotopic (exact) mass is 237 g/mol. The van der Waals surface area contributed by atoms with Gasteiger partial charge in [0, 0.05) is 6.04 Å². The summed E-state index contributed by atoms with van der Waals surface area (Å²) in [7, 11) is 0. The molecule has 0 heterocycles. The number of nitrogens with two attached hydrogens (primary N) is 1. The van der Waals surface area contributed by atoms with Gasteiger partial charge in [0.15, 0.2) is 0 Å². The molecule has 5 atom stereocenters. The van der Waals surface area contributed by atoms with E-state index < -0.39 is 0 Å². The minimum Gasteiger partial charge on any atom is -0.328 e. The maximum atomic E-state index is 5.81. The van der Waals surface area contributed by atoms with Crippen LogP contribution in [0.25, 0.3) is 0 Å². The molecule has 1 heteroatoms. The van der Waals surface area contributed by atoms with E-state index in [1.807, 2.05) is 0 Å². The molecule has 5 unspecified atom stereocenters. The van der Waals surface area contributed by atoms with Crippen LogP contribution in [-0.2, 0) is 0 Å². The van der Waals surface area contributed by atoms with E-state index in [1.165, 1.54) is 57.8 Å². The van der Waals surface area contributed by atoms with Crippen molar-refractivity contribution >= 4 is 0 Å². The van der Waals surface area contributed by atoms with Crippen LogP contribution in [0.1, 0.15) is 71.6 Å². The number of hydrogen-bond acceptors (Lipinski definition) is 1. The molecule has 0 aliphatic heterocycles. The Kier molecular flexibility index (Phi) is 4.90. The maximum absolute atomic E-state index is 5.81. The van der Waals surface area contributed by atoms with Crippen molar-refractivity contribution in [3.05, 3.63) is 0 Å². The highest BCUT2D eigenvalue weighted by atomic mass is 14.6. The predicted molar refractivity (Wildman–Crippen MR) is 74.8 cm³/mol. The van der Waals surface area contributed by atoms with E-state index in [0.717, 1.165) is 23.7 Å². The first-order valence-electron chi connectivity index (χ1n) is 7.94. The molecular formula is C16H31N. The van der Waals surface area contributed by atoms with Crippen molar-refractivity contribution in [2.24, 2.45) is 29.4 Å². The molecule has 2 aliphatic rings.